The van der Waals surface area contributed by atoms with Gasteiger partial charge in [0.15, 0.2) is 0 Å². The molecule has 1 rings (SSSR count). The largest absolute Gasteiger partial charge is 0.382 e. The van der Waals surface area contributed by atoms with E-state index >= 15 is 0 Å². The van der Waals surface area contributed by atoms with Crippen LogP contribution >= 0.6 is 0 Å². The molecule has 1 aliphatic rings. The van der Waals surface area contributed by atoms with Crippen molar-refractivity contribution >= 4 is 0 Å². The highest BCUT2D eigenvalue weighted by Crippen LogP contribution is 2.30. The van der Waals surface area contributed by atoms with E-state index in [0.29, 0.717) is 6.04 Å². The normalized spacial score (nSPS) is 17.3. The predicted molar refractivity (Wildman–Crippen MR) is 78.0 cm³/mol. The molecule has 1 atom stereocenters. The fourth-order valence-electron chi connectivity index (χ4n) is 2.29. The van der Waals surface area contributed by atoms with Crippen LogP contribution in [0.1, 0.15) is 46.5 Å². The summed E-state index contributed by atoms with van der Waals surface area (Å²) in [6, 6.07) is 0.664. The van der Waals surface area contributed by atoms with E-state index in [2.05, 4.69) is 31.0 Å². The van der Waals surface area contributed by atoms with Gasteiger partial charge in [0.25, 0.3) is 0 Å². The maximum absolute atomic E-state index is 5.34. The van der Waals surface area contributed by atoms with Crippen molar-refractivity contribution in [2.75, 3.05) is 39.4 Å². The third kappa shape index (κ3) is 7.34. The van der Waals surface area contributed by atoms with E-state index in [-0.39, 0.29) is 0 Å². The first-order chi connectivity index (χ1) is 8.77. The smallest absolute Gasteiger partial charge is 0.0477 e. The summed E-state index contributed by atoms with van der Waals surface area (Å²) in [5, 5.41) is 3.55. The molecule has 0 aliphatic heterocycles. The van der Waals surface area contributed by atoms with Gasteiger partial charge in [-0.1, -0.05) is 6.92 Å². The molecule has 1 saturated carbocycles. The maximum Gasteiger partial charge on any atom is 0.0477 e. The molecular weight excluding hydrogens is 224 g/mol. The van der Waals surface area contributed by atoms with Gasteiger partial charge < -0.3 is 10.1 Å². The van der Waals surface area contributed by atoms with Crippen LogP contribution in [0.25, 0.3) is 0 Å². The van der Waals surface area contributed by atoms with E-state index in [0.717, 1.165) is 38.6 Å². The van der Waals surface area contributed by atoms with E-state index in [1.807, 2.05) is 0 Å². The molecule has 1 fully saturated rings. The molecule has 0 saturated heterocycles. The molecule has 1 unspecified atom stereocenters. The minimum atomic E-state index is 0.664. The quantitative estimate of drug-likeness (QED) is 0.543. The Kier molecular flexibility index (Phi) is 8.64. The van der Waals surface area contributed by atoms with Crippen LogP contribution in [0.5, 0.6) is 0 Å². The van der Waals surface area contributed by atoms with Gasteiger partial charge in [-0.15, -0.1) is 0 Å². The first kappa shape index (κ1) is 15.9. The molecular formula is C15H32N2O. The van der Waals surface area contributed by atoms with Crippen molar-refractivity contribution in [3.63, 3.8) is 0 Å². The van der Waals surface area contributed by atoms with Gasteiger partial charge in [-0.2, -0.15) is 0 Å². The van der Waals surface area contributed by atoms with Crippen molar-refractivity contribution in [3.05, 3.63) is 0 Å². The van der Waals surface area contributed by atoms with Crippen molar-refractivity contribution in [2.45, 2.75) is 52.5 Å². The minimum Gasteiger partial charge on any atom is -0.382 e. The molecule has 0 radical (unpaired) electrons. The molecule has 0 bridgehead atoms. The van der Waals surface area contributed by atoms with Crippen LogP contribution in [-0.2, 0) is 4.74 Å². The fourth-order valence-corrected chi connectivity index (χ4v) is 2.29. The zero-order valence-electron chi connectivity index (χ0n) is 12.6. The zero-order valence-corrected chi connectivity index (χ0v) is 12.6. The van der Waals surface area contributed by atoms with Crippen LogP contribution < -0.4 is 5.32 Å². The second kappa shape index (κ2) is 9.76. The van der Waals surface area contributed by atoms with E-state index in [4.69, 9.17) is 4.74 Å². The summed E-state index contributed by atoms with van der Waals surface area (Å²) in [6.07, 6.45) is 5.29. The molecule has 1 aliphatic carbocycles. The van der Waals surface area contributed by atoms with Gasteiger partial charge in [0, 0.05) is 32.3 Å². The zero-order chi connectivity index (χ0) is 13.2. The van der Waals surface area contributed by atoms with Gasteiger partial charge in [0.05, 0.1) is 0 Å². The van der Waals surface area contributed by atoms with Crippen molar-refractivity contribution in [1.29, 1.82) is 0 Å². The van der Waals surface area contributed by atoms with Gasteiger partial charge in [-0.05, 0) is 58.5 Å². The molecule has 3 heteroatoms. The van der Waals surface area contributed by atoms with Crippen molar-refractivity contribution < 1.29 is 4.74 Å². The number of nitrogens with one attached hydrogen (secondary N) is 1. The lowest BCUT2D eigenvalue weighted by atomic mass is 10.2. The summed E-state index contributed by atoms with van der Waals surface area (Å²) in [4.78, 5) is 2.66. The van der Waals surface area contributed by atoms with Gasteiger partial charge >= 0.3 is 0 Å². The molecule has 0 aromatic carbocycles. The highest BCUT2D eigenvalue weighted by atomic mass is 16.5. The van der Waals surface area contributed by atoms with E-state index < -0.39 is 0 Å². The molecule has 1 N–H and O–H groups in total. The van der Waals surface area contributed by atoms with Crippen LogP contribution in [0.4, 0.5) is 0 Å². The Hall–Kier alpha value is -0.120. The fraction of sp³-hybridized carbons (Fsp3) is 1.00. The van der Waals surface area contributed by atoms with Crippen molar-refractivity contribution in [1.82, 2.24) is 10.2 Å². The standard InChI is InChI=1S/C15H32N2O/c1-4-10-17(13-15-7-8-15)14(3)12-16-9-6-11-18-5-2/h14-16H,4-13H2,1-3H3. The van der Waals surface area contributed by atoms with Gasteiger partial charge in [-0.25, -0.2) is 0 Å². The first-order valence-corrected chi connectivity index (χ1v) is 7.80. The SMILES string of the molecule is CCCN(CC1CC1)C(C)CNCCCOCC. The Morgan fingerprint density at radius 2 is 2.11 bits per heavy atom. The summed E-state index contributed by atoms with van der Waals surface area (Å²) in [5.74, 6) is 0.997. The molecule has 0 aromatic heterocycles. The molecule has 108 valence electrons. The summed E-state index contributed by atoms with van der Waals surface area (Å²) in [7, 11) is 0. The number of hydrogen-bond acceptors (Lipinski definition) is 3. The van der Waals surface area contributed by atoms with Crippen LogP contribution in [0.2, 0.25) is 0 Å². The Morgan fingerprint density at radius 3 is 2.72 bits per heavy atom. The lowest BCUT2D eigenvalue weighted by Gasteiger charge is -2.29. The summed E-state index contributed by atoms with van der Waals surface area (Å²) in [5.41, 5.74) is 0. The highest BCUT2D eigenvalue weighted by Gasteiger charge is 2.25. The average molecular weight is 256 g/mol. The highest BCUT2D eigenvalue weighted by molar-refractivity contribution is 4.80. The Labute approximate surface area is 113 Å². The summed E-state index contributed by atoms with van der Waals surface area (Å²) in [6.45, 7) is 13.2. The first-order valence-electron chi connectivity index (χ1n) is 7.80. The monoisotopic (exact) mass is 256 g/mol. The second-order valence-electron chi connectivity index (χ2n) is 5.54. The average Bonchev–Trinajstić information content (AvgIpc) is 3.17. The third-order valence-electron chi connectivity index (χ3n) is 3.61. The van der Waals surface area contributed by atoms with Gasteiger partial charge in [0.1, 0.15) is 0 Å². The van der Waals surface area contributed by atoms with Crippen LogP contribution in [0.15, 0.2) is 0 Å². The van der Waals surface area contributed by atoms with Crippen LogP contribution in [0.3, 0.4) is 0 Å². The molecule has 0 heterocycles. The number of ether oxygens (including phenoxy) is 1. The summed E-state index contributed by atoms with van der Waals surface area (Å²) < 4.78 is 5.34. The van der Waals surface area contributed by atoms with E-state index in [1.54, 1.807) is 0 Å². The topological polar surface area (TPSA) is 24.5 Å². The molecule has 0 aromatic rings. The van der Waals surface area contributed by atoms with Crippen molar-refractivity contribution in [2.24, 2.45) is 5.92 Å². The third-order valence-corrected chi connectivity index (χ3v) is 3.61. The number of nitrogens with zero attached hydrogens (tertiary/aromatic N) is 1. The van der Waals surface area contributed by atoms with Crippen LogP contribution in [-0.4, -0.2) is 50.3 Å². The van der Waals surface area contributed by atoms with Gasteiger partial charge in [0.2, 0.25) is 0 Å². The summed E-state index contributed by atoms with van der Waals surface area (Å²) >= 11 is 0. The number of hydrogen-bond donors (Lipinski definition) is 1. The predicted octanol–water partition coefficient (Wildman–Crippen LogP) is 2.51. The Balaban J connectivity index is 2.05. The lowest BCUT2D eigenvalue weighted by molar-refractivity contribution is 0.143. The Bertz CT molecular complexity index is 195. The molecule has 3 nitrogen and oxygen atoms in total. The molecule has 18 heavy (non-hydrogen) atoms. The Morgan fingerprint density at radius 1 is 1.33 bits per heavy atom. The van der Waals surface area contributed by atoms with Crippen molar-refractivity contribution in [3.8, 4) is 0 Å². The number of rotatable bonds is 12. The lowest BCUT2D eigenvalue weighted by Crippen LogP contribution is -2.42. The minimum absolute atomic E-state index is 0.664. The van der Waals surface area contributed by atoms with Gasteiger partial charge in [-0.3, -0.25) is 4.90 Å². The maximum atomic E-state index is 5.34. The second-order valence-corrected chi connectivity index (χ2v) is 5.54. The molecule has 0 spiro atoms. The van der Waals surface area contributed by atoms with E-state index in [1.165, 1.54) is 32.4 Å². The van der Waals surface area contributed by atoms with Crippen LogP contribution in [0, 0.1) is 5.92 Å². The van der Waals surface area contributed by atoms with E-state index in [9.17, 15) is 0 Å². The molecule has 0 amide bonds.